The van der Waals surface area contributed by atoms with E-state index in [0.29, 0.717) is 10.0 Å². The van der Waals surface area contributed by atoms with Gasteiger partial charge in [0.1, 0.15) is 17.1 Å². The highest BCUT2D eigenvalue weighted by Crippen LogP contribution is 2.33. The van der Waals surface area contributed by atoms with Gasteiger partial charge in [0.2, 0.25) is 0 Å². The summed E-state index contributed by atoms with van der Waals surface area (Å²) < 4.78 is 6.40. The van der Waals surface area contributed by atoms with E-state index < -0.39 is 5.97 Å². The van der Waals surface area contributed by atoms with Crippen LogP contribution in [0.15, 0.2) is 30.6 Å². The lowest BCUT2D eigenvalue weighted by atomic mass is 10.3. The quantitative estimate of drug-likeness (QED) is 0.738. The van der Waals surface area contributed by atoms with Gasteiger partial charge in [-0.15, -0.1) is 11.3 Å². The number of rotatable bonds is 2. The fourth-order valence-electron chi connectivity index (χ4n) is 1.89. The first-order valence-electron chi connectivity index (χ1n) is 5.64. The van der Waals surface area contributed by atoms with E-state index >= 15 is 0 Å². The smallest absolute Gasteiger partial charge is 0.351 e. The minimum absolute atomic E-state index is 0.104. The number of halogens is 1. The summed E-state index contributed by atoms with van der Waals surface area (Å²) >= 11 is 7.05. The lowest BCUT2D eigenvalue weighted by molar-refractivity contribution is 0.0603. The van der Waals surface area contributed by atoms with Gasteiger partial charge in [0.15, 0.2) is 4.88 Å². The van der Waals surface area contributed by atoms with Crippen LogP contribution in [0.25, 0.3) is 16.0 Å². The molecule has 0 bridgehead atoms. The van der Waals surface area contributed by atoms with E-state index in [0.717, 1.165) is 22.4 Å². The average molecular weight is 309 g/mol. The van der Waals surface area contributed by atoms with E-state index in [4.69, 9.17) is 11.6 Å². The largest absolute Gasteiger partial charge is 0.506 e. The van der Waals surface area contributed by atoms with Gasteiger partial charge in [-0.1, -0.05) is 11.6 Å². The van der Waals surface area contributed by atoms with Gasteiger partial charge in [-0.05, 0) is 18.2 Å². The second-order valence-electron chi connectivity index (χ2n) is 4.04. The molecule has 0 saturated carbocycles. The Hall–Kier alpha value is -2.05. The Morgan fingerprint density at radius 3 is 3.00 bits per heavy atom. The molecule has 1 aromatic carbocycles. The van der Waals surface area contributed by atoms with Crippen LogP contribution in [0.4, 0.5) is 0 Å². The average Bonchev–Trinajstić information content (AvgIpc) is 3.00. The summed E-state index contributed by atoms with van der Waals surface area (Å²) in [5.41, 5.74) is 1.58. The van der Waals surface area contributed by atoms with Crippen LogP contribution in [0, 0.1) is 0 Å². The van der Waals surface area contributed by atoms with E-state index in [1.807, 2.05) is 6.07 Å². The molecular weight excluding hydrogens is 300 g/mol. The SMILES string of the molecule is COC(=O)c1sc(-n2cnc3cc(Cl)ccc32)cc1O. The summed E-state index contributed by atoms with van der Waals surface area (Å²) in [6.45, 7) is 0. The van der Waals surface area contributed by atoms with Gasteiger partial charge in [-0.25, -0.2) is 9.78 Å². The number of aromatic hydroxyl groups is 1. The molecule has 0 amide bonds. The topological polar surface area (TPSA) is 64.4 Å². The van der Waals surface area contributed by atoms with E-state index in [1.54, 1.807) is 23.0 Å². The highest BCUT2D eigenvalue weighted by atomic mass is 35.5. The Balaban J connectivity index is 2.14. The Morgan fingerprint density at radius 2 is 2.25 bits per heavy atom. The molecule has 102 valence electrons. The number of fused-ring (bicyclic) bond motifs is 1. The standard InChI is InChI=1S/C13H9ClN2O3S/c1-19-13(18)12-10(17)5-11(20-12)16-6-15-8-4-7(14)2-3-9(8)16/h2-6,17H,1H3. The molecule has 0 aliphatic heterocycles. The summed E-state index contributed by atoms with van der Waals surface area (Å²) in [7, 11) is 1.27. The number of nitrogens with zero attached hydrogens (tertiary/aromatic N) is 2. The highest BCUT2D eigenvalue weighted by Gasteiger charge is 2.18. The Bertz CT molecular complexity index is 809. The summed E-state index contributed by atoms with van der Waals surface area (Å²) in [5, 5.41) is 11.1. The van der Waals surface area contributed by atoms with Crippen LogP contribution >= 0.6 is 22.9 Å². The van der Waals surface area contributed by atoms with E-state index in [2.05, 4.69) is 9.72 Å². The second kappa shape index (κ2) is 4.81. The molecule has 2 aromatic heterocycles. The number of ether oxygens (including phenoxy) is 1. The third-order valence-corrected chi connectivity index (χ3v) is 4.16. The lowest BCUT2D eigenvalue weighted by Gasteiger charge is -1.99. The Labute approximate surface area is 123 Å². The second-order valence-corrected chi connectivity index (χ2v) is 5.51. The molecule has 0 aliphatic rings. The zero-order chi connectivity index (χ0) is 14.3. The Kier molecular flexibility index (Phi) is 3.11. The first-order valence-corrected chi connectivity index (χ1v) is 6.83. The molecule has 0 saturated heterocycles. The van der Waals surface area contributed by atoms with Crippen molar-refractivity contribution in [1.29, 1.82) is 0 Å². The van der Waals surface area contributed by atoms with Crippen LogP contribution in [0.1, 0.15) is 9.67 Å². The van der Waals surface area contributed by atoms with Gasteiger partial charge < -0.3 is 9.84 Å². The van der Waals surface area contributed by atoms with Crippen LogP contribution in [0.5, 0.6) is 5.75 Å². The molecule has 1 N–H and O–H groups in total. The van der Waals surface area contributed by atoms with Crippen molar-refractivity contribution in [1.82, 2.24) is 9.55 Å². The van der Waals surface area contributed by atoms with Crippen molar-refractivity contribution in [3.05, 3.63) is 40.5 Å². The number of hydrogen-bond acceptors (Lipinski definition) is 5. The minimum Gasteiger partial charge on any atom is -0.506 e. The van der Waals surface area contributed by atoms with Crippen LogP contribution in [0.3, 0.4) is 0 Å². The molecule has 5 nitrogen and oxygen atoms in total. The molecule has 0 unspecified atom stereocenters. The van der Waals surface area contributed by atoms with Gasteiger partial charge in [0.05, 0.1) is 18.1 Å². The summed E-state index contributed by atoms with van der Waals surface area (Å²) in [6.07, 6.45) is 1.62. The molecule has 0 atom stereocenters. The highest BCUT2D eigenvalue weighted by molar-refractivity contribution is 7.16. The number of imidazole rings is 1. The molecule has 0 fully saturated rings. The van der Waals surface area contributed by atoms with Gasteiger partial charge in [0.25, 0.3) is 0 Å². The number of thiophene rings is 1. The van der Waals surface area contributed by atoms with E-state index in [1.165, 1.54) is 13.2 Å². The van der Waals surface area contributed by atoms with Gasteiger partial charge in [0, 0.05) is 11.1 Å². The van der Waals surface area contributed by atoms with E-state index in [-0.39, 0.29) is 10.6 Å². The summed E-state index contributed by atoms with van der Waals surface area (Å²) in [6, 6.07) is 6.85. The van der Waals surface area contributed by atoms with Crippen LogP contribution in [-0.2, 0) is 4.74 Å². The predicted molar refractivity (Wildman–Crippen MR) is 77.0 cm³/mol. The molecule has 20 heavy (non-hydrogen) atoms. The minimum atomic E-state index is -0.564. The zero-order valence-corrected chi connectivity index (χ0v) is 11.9. The van der Waals surface area contributed by atoms with Crippen molar-refractivity contribution in [2.75, 3.05) is 7.11 Å². The van der Waals surface area contributed by atoms with Gasteiger partial charge in [-0.2, -0.15) is 0 Å². The van der Waals surface area contributed by atoms with Gasteiger partial charge in [-0.3, -0.25) is 4.57 Å². The number of carbonyl (C=O) groups excluding carboxylic acids is 1. The maximum Gasteiger partial charge on any atom is 0.351 e. The third-order valence-electron chi connectivity index (χ3n) is 2.82. The maximum atomic E-state index is 11.5. The monoisotopic (exact) mass is 308 g/mol. The van der Waals surface area contributed by atoms with Crippen molar-refractivity contribution in [2.45, 2.75) is 0 Å². The number of benzene rings is 1. The fourth-order valence-corrected chi connectivity index (χ4v) is 3.01. The maximum absolute atomic E-state index is 11.5. The van der Waals surface area contributed by atoms with Crippen LogP contribution < -0.4 is 0 Å². The number of esters is 1. The fraction of sp³-hybridized carbons (Fsp3) is 0.0769. The van der Waals surface area contributed by atoms with Gasteiger partial charge >= 0.3 is 5.97 Å². The van der Waals surface area contributed by atoms with Crippen LogP contribution in [-0.4, -0.2) is 27.7 Å². The van der Waals surface area contributed by atoms with Crippen molar-refractivity contribution in [3.63, 3.8) is 0 Å². The molecule has 3 aromatic rings. The van der Waals surface area contributed by atoms with E-state index in [9.17, 15) is 9.90 Å². The molecule has 7 heteroatoms. The first-order chi connectivity index (χ1) is 9.60. The summed E-state index contributed by atoms with van der Waals surface area (Å²) in [4.78, 5) is 15.9. The number of carbonyl (C=O) groups is 1. The molecular formula is C13H9ClN2O3S. The normalized spacial score (nSPS) is 10.9. The number of aromatic nitrogens is 2. The summed E-state index contributed by atoms with van der Waals surface area (Å²) in [5.74, 6) is -0.668. The molecule has 2 heterocycles. The zero-order valence-electron chi connectivity index (χ0n) is 10.3. The van der Waals surface area contributed by atoms with Crippen molar-refractivity contribution in [3.8, 4) is 10.8 Å². The van der Waals surface area contributed by atoms with Crippen molar-refractivity contribution in [2.24, 2.45) is 0 Å². The Morgan fingerprint density at radius 1 is 1.45 bits per heavy atom. The number of methoxy groups -OCH3 is 1. The molecule has 0 radical (unpaired) electrons. The molecule has 0 spiro atoms. The number of hydrogen-bond donors (Lipinski definition) is 1. The lowest BCUT2D eigenvalue weighted by Crippen LogP contribution is -1.97. The van der Waals surface area contributed by atoms with Crippen LogP contribution in [0.2, 0.25) is 5.02 Å². The van der Waals surface area contributed by atoms with Crippen molar-refractivity contribution < 1.29 is 14.6 Å². The molecule has 3 rings (SSSR count). The third kappa shape index (κ3) is 2.03. The first kappa shape index (κ1) is 13.0. The molecule has 0 aliphatic carbocycles. The predicted octanol–water partition coefficient (Wildman–Crippen LogP) is 3.23. The van der Waals surface area contributed by atoms with Crippen molar-refractivity contribution >= 4 is 39.9 Å².